The molecule has 2 aromatic carbocycles. The highest BCUT2D eigenvalue weighted by molar-refractivity contribution is 7.71. The number of ether oxygens (including phenoxy) is 1. The van der Waals surface area contributed by atoms with Crippen LogP contribution in [0.1, 0.15) is 36.7 Å². The molecule has 1 aromatic heterocycles. The maximum absolute atomic E-state index is 9.84. The van der Waals surface area contributed by atoms with Crippen LogP contribution in [0.2, 0.25) is 0 Å². The van der Waals surface area contributed by atoms with Gasteiger partial charge in [-0.25, -0.2) is 5.10 Å². The number of nitrogens with one attached hydrogen (secondary N) is 1. The summed E-state index contributed by atoms with van der Waals surface area (Å²) in [6, 6.07) is 12.1. The normalized spacial score (nSPS) is 11.4. The summed E-state index contributed by atoms with van der Waals surface area (Å²) in [5.41, 5.74) is 1.68. The molecule has 3 aromatic rings. The first-order valence-electron chi connectivity index (χ1n) is 8.39. The second kappa shape index (κ2) is 8.05. The average Bonchev–Trinajstić information content (AvgIpc) is 2.99. The number of rotatable bonds is 6. The van der Waals surface area contributed by atoms with Gasteiger partial charge < -0.3 is 14.9 Å². The molecule has 0 bridgehead atoms. The van der Waals surface area contributed by atoms with Gasteiger partial charge in [0, 0.05) is 11.6 Å². The lowest BCUT2D eigenvalue weighted by Crippen LogP contribution is -2.04. The smallest absolute Gasteiger partial charge is 0.216 e. The number of H-pyrrole nitrogens is 1. The fraction of sp³-hybridized carbons (Fsp3) is 0.211. The van der Waals surface area contributed by atoms with Crippen molar-refractivity contribution in [3.63, 3.8) is 0 Å². The highest BCUT2D eigenvalue weighted by Gasteiger charge is 2.07. The number of benzene rings is 2. The van der Waals surface area contributed by atoms with E-state index in [0.717, 1.165) is 5.75 Å². The van der Waals surface area contributed by atoms with Crippen LogP contribution < -0.4 is 4.74 Å². The monoisotopic (exact) mass is 384 g/mol. The van der Waals surface area contributed by atoms with Crippen LogP contribution in [-0.4, -0.2) is 31.3 Å². The van der Waals surface area contributed by atoms with E-state index >= 15 is 0 Å². The second-order valence-corrected chi connectivity index (χ2v) is 6.64. The number of aromatic amines is 1. The third-order valence-electron chi connectivity index (χ3n) is 3.96. The van der Waals surface area contributed by atoms with Crippen molar-refractivity contribution in [3.8, 4) is 17.2 Å². The van der Waals surface area contributed by atoms with Crippen molar-refractivity contribution in [2.75, 3.05) is 0 Å². The quantitative estimate of drug-likeness (QED) is 0.442. The van der Waals surface area contributed by atoms with Gasteiger partial charge in [0.05, 0.1) is 6.21 Å². The summed E-state index contributed by atoms with van der Waals surface area (Å²) in [6.45, 7) is 4.45. The van der Waals surface area contributed by atoms with Crippen molar-refractivity contribution in [2.45, 2.75) is 26.4 Å². The maximum atomic E-state index is 9.84. The molecule has 140 valence electrons. The summed E-state index contributed by atoms with van der Waals surface area (Å²) in [6.07, 6.45) is 1.43. The highest BCUT2D eigenvalue weighted by atomic mass is 32.1. The van der Waals surface area contributed by atoms with Gasteiger partial charge in [-0.1, -0.05) is 26.0 Å². The molecule has 0 aliphatic rings. The van der Waals surface area contributed by atoms with Crippen molar-refractivity contribution < 1.29 is 14.9 Å². The molecule has 0 spiro atoms. The molecule has 0 unspecified atom stereocenters. The summed E-state index contributed by atoms with van der Waals surface area (Å²) in [5.74, 6) is 1.56. The number of phenolic OH excluding ortho intramolecular Hbond substituents is 2. The molecular weight excluding hydrogens is 364 g/mol. The summed E-state index contributed by atoms with van der Waals surface area (Å²) in [7, 11) is 0. The zero-order valence-corrected chi connectivity index (χ0v) is 15.8. The van der Waals surface area contributed by atoms with E-state index in [2.05, 4.69) is 29.1 Å². The Balaban J connectivity index is 1.74. The van der Waals surface area contributed by atoms with E-state index in [1.165, 1.54) is 28.6 Å². The Morgan fingerprint density at radius 2 is 1.96 bits per heavy atom. The summed E-state index contributed by atoms with van der Waals surface area (Å²) in [5, 5.41) is 30.2. The summed E-state index contributed by atoms with van der Waals surface area (Å²) in [4.78, 5) is 0. The van der Waals surface area contributed by atoms with Gasteiger partial charge in [-0.3, -0.25) is 0 Å². The zero-order chi connectivity index (χ0) is 19.4. The molecular formula is C19H20N4O3S. The number of phenols is 2. The predicted molar refractivity (Wildman–Crippen MR) is 105 cm³/mol. The molecule has 27 heavy (non-hydrogen) atoms. The molecule has 0 saturated heterocycles. The third kappa shape index (κ3) is 4.53. The van der Waals surface area contributed by atoms with Crippen LogP contribution in [0, 0.1) is 4.77 Å². The molecule has 0 atom stereocenters. The lowest BCUT2D eigenvalue weighted by atomic mass is 10.0. The van der Waals surface area contributed by atoms with E-state index < -0.39 is 0 Å². The van der Waals surface area contributed by atoms with Crippen molar-refractivity contribution in [3.05, 3.63) is 64.2 Å². The fourth-order valence-corrected chi connectivity index (χ4v) is 2.59. The minimum absolute atomic E-state index is 0.0258. The standard InChI is InChI=1S/C19H20N4O3S/c1-12(2)13-4-7-16(8-5-13)26-11-18-21-22-19(27)23(18)20-10-14-3-6-15(24)9-17(14)25/h3-10,12,24-25H,11H2,1-2H3,(H,22,27)/b20-10+. The van der Waals surface area contributed by atoms with Gasteiger partial charge in [-0.05, 0) is 48.0 Å². The van der Waals surface area contributed by atoms with Gasteiger partial charge in [0.1, 0.15) is 23.9 Å². The van der Waals surface area contributed by atoms with E-state index in [9.17, 15) is 10.2 Å². The Morgan fingerprint density at radius 3 is 2.63 bits per heavy atom. The molecule has 0 aliphatic carbocycles. The number of nitrogens with zero attached hydrogens (tertiary/aromatic N) is 3. The molecule has 3 N–H and O–H groups in total. The SMILES string of the molecule is CC(C)c1ccc(OCc2n[nH]c(=S)n2/N=C/c2ccc(O)cc2O)cc1. The van der Waals surface area contributed by atoms with Crippen LogP contribution in [0.15, 0.2) is 47.6 Å². The lowest BCUT2D eigenvalue weighted by Gasteiger charge is -2.08. The zero-order valence-electron chi connectivity index (χ0n) is 15.0. The minimum atomic E-state index is -0.0863. The Labute approximate surface area is 161 Å². The third-order valence-corrected chi connectivity index (χ3v) is 4.22. The molecule has 7 nitrogen and oxygen atoms in total. The van der Waals surface area contributed by atoms with Gasteiger partial charge in [-0.2, -0.15) is 14.9 Å². The van der Waals surface area contributed by atoms with E-state index in [4.69, 9.17) is 17.0 Å². The first-order chi connectivity index (χ1) is 12.9. The second-order valence-electron chi connectivity index (χ2n) is 6.26. The number of aromatic nitrogens is 3. The first-order valence-corrected chi connectivity index (χ1v) is 8.80. The van der Waals surface area contributed by atoms with Crippen molar-refractivity contribution >= 4 is 18.4 Å². The Morgan fingerprint density at radius 1 is 1.22 bits per heavy atom. The molecule has 0 saturated carbocycles. The molecule has 8 heteroatoms. The van der Waals surface area contributed by atoms with Crippen molar-refractivity contribution in [1.82, 2.24) is 14.9 Å². The summed E-state index contributed by atoms with van der Waals surface area (Å²) >= 11 is 5.19. The topological polar surface area (TPSA) is 95.7 Å². The Kier molecular flexibility index (Phi) is 5.56. The van der Waals surface area contributed by atoms with Crippen LogP contribution in [0.25, 0.3) is 0 Å². The largest absolute Gasteiger partial charge is 0.508 e. The Hall–Kier alpha value is -3.13. The lowest BCUT2D eigenvalue weighted by molar-refractivity contribution is 0.290. The van der Waals surface area contributed by atoms with Crippen LogP contribution >= 0.6 is 12.2 Å². The van der Waals surface area contributed by atoms with Crippen molar-refractivity contribution in [1.29, 1.82) is 0 Å². The Bertz CT molecular complexity index is 1010. The van der Waals surface area contributed by atoms with Gasteiger partial charge >= 0.3 is 0 Å². The van der Waals surface area contributed by atoms with Crippen LogP contribution in [0.3, 0.4) is 0 Å². The molecule has 0 amide bonds. The summed E-state index contributed by atoms with van der Waals surface area (Å²) < 4.78 is 7.49. The molecule has 3 rings (SSSR count). The average molecular weight is 384 g/mol. The number of aromatic hydroxyl groups is 2. The number of hydrogen-bond acceptors (Lipinski definition) is 6. The minimum Gasteiger partial charge on any atom is -0.508 e. The maximum Gasteiger partial charge on any atom is 0.216 e. The fourth-order valence-electron chi connectivity index (χ4n) is 2.39. The van der Waals surface area contributed by atoms with E-state index in [0.29, 0.717) is 22.1 Å². The molecule has 0 radical (unpaired) electrons. The number of hydrogen-bond donors (Lipinski definition) is 3. The van der Waals surface area contributed by atoms with Crippen LogP contribution in [0.4, 0.5) is 0 Å². The van der Waals surface area contributed by atoms with Gasteiger partial charge in [0.15, 0.2) is 5.82 Å². The van der Waals surface area contributed by atoms with Crippen molar-refractivity contribution in [2.24, 2.45) is 5.10 Å². The van der Waals surface area contributed by atoms with E-state index in [-0.39, 0.29) is 18.1 Å². The van der Waals surface area contributed by atoms with Gasteiger partial charge in [-0.15, -0.1) is 0 Å². The molecule has 1 heterocycles. The van der Waals surface area contributed by atoms with E-state index in [1.807, 2.05) is 24.3 Å². The highest BCUT2D eigenvalue weighted by Crippen LogP contribution is 2.21. The van der Waals surface area contributed by atoms with Crippen LogP contribution in [0.5, 0.6) is 17.2 Å². The first kappa shape index (κ1) is 18.7. The predicted octanol–water partition coefficient (Wildman–Crippen LogP) is 3.94. The molecule has 0 fully saturated rings. The van der Waals surface area contributed by atoms with Gasteiger partial charge in [0.25, 0.3) is 0 Å². The van der Waals surface area contributed by atoms with Crippen LogP contribution in [-0.2, 0) is 6.61 Å². The molecule has 0 aliphatic heterocycles. The van der Waals surface area contributed by atoms with E-state index in [1.54, 1.807) is 6.07 Å². The van der Waals surface area contributed by atoms with Gasteiger partial charge in [0.2, 0.25) is 4.77 Å².